The molecule has 0 unspecified atom stereocenters. The molecule has 1 saturated carbocycles. The predicted molar refractivity (Wildman–Crippen MR) is 81.6 cm³/mol. The van der Waals surface area contributed by atoms with E-state index in [0.717, 1.165) is 38.8 Å². The van der Waals surface area contributed by atoms with E-state index in [2.05, 4.69) is 11.9 Å². The summed E-state index contributed by atoms with van der Waals surface area (Å²) in [5.74, 6) is -0.522. The maximum Gasteiger partial charge on any atom is 0.290 e. The molecule has 1 spiro atoms. The first-order chi connectivity index (χ1) is 10.5. The third kappa shape index (κ3) is 2.63. The van der Waals surface area contributed by atoms with Crippen LogP contribution >= 0.6 is 0 Å². The molecular formula is C16H23N3O3. The summed E-state index contributed by atoms with van der Waals surface area (Å²) in [6.45, 7) is 2.46. The molecule has 0 bridgehead atoms. The van der Waals surface area contributed by atoms with Gasteiger partial charge in [-0.15, -0.1) is 0 Å². The van der Waals surface area contributed by atoms with Crippen LogP contribution in [0.4, 0.5) is 0 Å². The van der Waals surface area contributed by atoms with Crippen molar-refractivity contribution in [2.75, 3.05) is 26.7 Å². The lowest BCUT2D eigenvalue weighted by molar-refractivity contribution is -0.00974. The van der Waals surface area contributed by atoms with Gasteiger partial charge in [0.05, 0.1) is 5.54 Å². The van der Waals surface area contributed by atoms with E-state index in [1.54, 1.807) is 6.07 Å². The minimum atomic E-state index is -0.648. The fourth-order valence-electron chi connectivity index (χ4n) is 3.85. The summed E-state index contributed by atoms with van der Waals surface area (Å²) < 4.78 is 5.34. The Morgan fingerprint density at radius 1 is 1.14 bits per heavy atom. The summed E-state index contributed by atoms with van der Waals surface area (Å²) in [4.78, 5) is 28.3. The van der Waals surface area contributed by atoms with Gasteiger partial charge in [0.15, 0.2) is 11.5 Å². The van der Waals surface area contributed by atoms with Crippen molar-refractivity contribution in [1.29, 1.82) is 0 Å². The molecule has 2 N–H and O–H groups in total. The molecule has 1 aromatic heterocycles. The standard InChI is InChI=1S/C16H23N3O3/c1-18-9-10-19(16(11-18)7-3-2-4-8-16)15(21)13-6-5-12(22-13)14(17)20/h5-6H,2-4,7-11H2,1H3,(H2,17,20). The maximum atomic E-state index is 12.9. The van der Waals surface area contributed by atoms with Crippen LogP contribution in [-0.4, -0.2) is 53.8 Å². The second-order valence-corrected chi connectivity index (χ2v) is 6.51. The van der Waals surface area contributed by atoms with Gasteiger partial charge >= 0.3 is 0 Å². The van der Waals surface area contributed by atoms with Crippen molar-refractivity contribution in [3.8, 4) is 0 Å². The molecule has 1 aliphatic carbocycles. The zero-order valence-corrected chi connectivity index (χ0v) is 13.0. The first-order valence-corrected chi connectivity index (χ1v) is 7.92. The molecule has 0 aromatic carbocycles. The van der Waals surface area contributed by atoms with Crippen molar-refractivity contribution in [3.05, 3.63) is 23.7 Å². The molecular weight excluding hydrogens is 282 g/mol. The third-order valence-corrected chi connectivity index (χ3v) is 4.93. The monoisotopic (exact) mass is 305 g/mol. The second kappa shape index (κ2) is 5.76. The number of carbonyl (C=O) groups excluding carboxylic acids is 2. The van der Waals surface area contributed by atoms with E-state index in [-0.39, 0.29) is 23.0 Å². The topological polar surface area (TPSA) is 79.8 Å². The van der Waals surface area contributed by atoms with Crippen molar-refractivity contribution in [2.45, 2.75) is 37.6 Å². The summed E-state index contributed by atoms with van der Waals surface area (Å²) in [6, 6.07) is 3.02. The van der Waals surface area contributed by atoms with E-state index in [1.807, 2.05) is 4.90 Å². The van der Waals surface area contributed by atoms with Crippen LogP contribution in [0.1, 0.15) is 53.2 Å². The Bertz CT molecular complexity index is 575. The molecule has 6 nitrogen and oxygen atoms in total. The highest BCUT2D eigenvalue weighted by Gasteiger charge is 2.44. The van der Waals surface area contributed by atoms with Crippen molar-refractivity contribution < 1.29 is 14.0 Å². The quantitative estimate of drug-likeness (QED) is 0.897. The van der Waals surface area contributed by atoms with Gasteiger partial charge in [-0.3, -0.25) is 9.59 Å². The summed E-state index contributed by atoms with van der Waals surface area (Å²) >= 11 is 0. The van der Waals surface area contributed by atoms with E-state index >= 15 is 0 Å². The molecule has 2 heterocycles. The van der Waals surface area contributed by atoms with E-state index in [0.29, 0.717) is 6.54 Å². The molecule has 0 radical (unpaired) electrons. The number of piperazine rings is 1. The van der Waals surface area contributed by atoms with Crippen LogP contribution in [0, 0.1) is 0 Å². The van der Waals surface area contributed by atoms with Crippen molar-refractivity contribution in [1.82, 2.24) is 9.80 Å². The number of furan rings is 1. The SMILES string of the molecule is CN1CCN(C(=O)c2ccc(C(N)=O)o2)C2(CCCCC2)C1. The number of carbonyl (C=O) groups is 2. The van der Waals surface area contributed by atoms with Gasteiger partial charge in [0, 0.05) is 19.6 Å². The van der Waals surface area contributed by atoms with Crippen molar-refractivity contribution in [2.24, 2.45) is 5.73 Å². The van der Waals surface area contributed by atoms with E-state index < -0.39 is 5.91 Å². The largest absolute Gasteiger partial charge is 0.446 e. The summed E-state index contributed by atoms with van der Waals surface area (Å²) in [5, 5.41) is 0. The highest BCUT2D eigenvalue weighted by molar-refractivity contribution is 5.95. The number of hydrogen-bond acceptors (Lipinski definition) is 4. The minimum Gasteiger partial charge on any atom is -0.446 e. The third-order valence-electron chi connectivity index (χ3n) is 4.93. The second-order valence-electron chi connectivity index (χ2n) is 6.51. The van der Waals surface area contributed by atoms with E-state index in [4.69, 9.17) is 10.2 Å². The van der Waals surface area contributed by atoms with Gasteiger partial charge in [0.25, 0.3) is 11.8 Å². The normalized spacial score (nSPS) is 22.0. The van der Waals surface area contributed by atoms with Crippen LogP contribution in [0.25, 0.3) is 0 Å². The zero-order chi connectivity index (χ0) is 15.7. The van der Waals surface area contributed by atoms with Crippen LogP contribution in [0.15, 0.2) is 16.5 Å². The maximum absolute atomic E-state index is 12.9. The summed E-state index contributed by atoms with van der Waals surface area (Å²) in [7, 11) is 2.11. The van der Waals surface area contributed by atoms with Gasteiger partial charge < -0.3 is 20.0 Å². The molecule has 3 rings (SSSR count). The number of hydrogen-bond donors (Lipinski definition) is 1. The smallest absolute Gasteiger partial charge is 0.290 e. The molecule has 1 aromatic rings. The Kier molecular flexibility index (Phi) is 3.95. The lowest BCUT2D eigenvalue weighted by atomic mass is 9.78. The highest BCUT2D eigenvalue weighted by Crippen LogP contribution is 2.37. The Morgan fingerprint density at radius 2 is 1.82 bits per heavy atom. The summed E-state index contributed by atoms with van der Waals surface area (Å²) in [5.41, 5.74) is 5.10. The first-order valence-electron chi connectivity index (χ1n) is 7.92. The van der Waals surface area contributed by atoms with Gasteiger partial charge in [-0.1, -0.05) is 19.3 Å². The number of primary amides is 1. The number of likely N-dealkylation sites (N-methyl/N-ethyl adjacent to an activating group) is 1. The number of amides is 2. The minimum absolute atomic E-state index is 0.0372. The van der Waals surface area contributed by atoms with Crippen LogP contribution in [0.5, 0.6) is 0 Å². The van der Waals surface area contributed by atoms with Crippen molar-refractivity contribution >= 4 is 11.8 Å². The van der Waals surface area contributed by atoms with E-state index in [9.17, 15) is 9.59 Å². The molecule has 1 saturated heterocycles. The Labute approximate surface area is 130 Å². The molecule has 120 valence electrons. The van der Waals surface area contributed by atoms with Crippen LogP contribution in [-0.2, 0) is 0 Å². The van der Waals surface area contributed by atoms with Gasteiger partial charge in [-0.25, -0.2) is 0 Å². The summed E-state index contributed by atoms with van der Waals surface area (Å²) in [6.07, 6.45) is 5.61. The Balaban J connectivity index is 1.86. The molecule has 2 aliphatic rings. The first kappa shape index (κ1) is 15.1. The molecule has 2 fully saturated rings. The fourth-order valence-corrected chi connectivity index (χ4v) is 3.85. The van der Waals surface area contributed by atoms with Crippen LogP contribution < -0.4 is 5.73 Å². The average molecular weight is 305 g/mol. The van der Waals surface area contributed by atoms with Crippen molar-refractivity contribution in [3.63, 3.8) is 0 Å². The van der Waals surface area contributed by atoms with Crippen LogP contribution in [0.3, 0.4) is 0 Å². The Morgan fingerprint density at radius 3 is 2.45 bits per heavy atom. The van der Waals surface area contributed by atoms with Gasteiger partial charge in [0.1, 0.15) is 0 Å². The highest BCUT2D eigenvalue weighted by atomic mass is 16.4. The lowest BCUT2D eigenvalue weighted by Gasteiger charge is -2.51. The zero-order valence-electron chi connectivity index (χ0n) is 13.0. The Hall–Kier alpha value is -1.82. The van der Waals surface area contributed by atoms with Crippen LogP contribution in [0.2, 0.25) is 0 Å². The molecule has 6 heteroatoms. The number of nitrogens with zero attached hydrogens (tertiary/aromatic N) is 2. The molecule has 0 atom stereocenters. The lowest BCUT2D eigenvalue weighted by Crippen LogP contribution is -2.63. The molecule has 22 heavy (non-hydrogen) atoms. The number of rotatable bonds is 2. The van der Waals surface area contributed by atoms with E-state index in [1.165, 1.54) is 12.5 Å². The average Bonchev–Trinajstić information content (AvgIpc) is 2.97. The van der Waals surface area contributed by atoms with Gasteiger partial charge in [-0.2, -0.15) is 0 Å². The number of nitrogens with two attached hydrogens (primary N) is 1. The molecule has 2 amide bonds. The predicted octanol–water partition coefficient (Wildman–Crippen LogP) is 1.47. The molecule has 1 aliphatic heterocycles. The fraction of sp³-hybridized carbons (Fsp3) is 0.625. The van der Waals surface area contributed by atoms with Gasteiger partial charge in [0.2, 0.25) is 0 Å². The van der Waals surface area contributed by atoms with Gasteiger partial charge in [-0.05, 0) is 32.0 Å².